The SMILES string of the molecule is CCCCCNC(=O)[C@]1(CCS(=O)(=O)c2ccccc2)N=C(c2ccc(OCCCO)cc2)O[C@@H]1c1ccc(Br)cc1. The summed E-state index contributed by atoms with van der Waals surface area (Å²) in [6, 6.07) is 22.8. The van der Waals surface area contributed by atoms with Crippen LogP contribution in [0.5, 0.6) is 5.75 Å². The highest BCUT2D eigenvalue weighted by molar-refractivity contribution is 9.10. The third kappa shape index (κ3) is 7.79. The van der Waals surface area contributed by atoms with Crippen LogP contribution in [0.4, 0.5) is 0 Å². The maximum absolute atomic E-state index is 14.1. The minimum Gasteiger partial charge on any atom is -0.494 e. The second-order valence-corrected chi connectivity index (χ2v) is 13.2. The second-order valence-electron chi connectivity index (χ2n) is 10.2. The van der Waals surface area contributed by atoms with Crippen molar-refractivity contribution < 1.29 is 27.8 Å². The fraction of sp³-hybridized carbons (Fsp3) is 0.375. The number of aliphatic imine (C=N–C) groups is 1. The Morgan fingerprint density at radius 2 is 1.74 bits per heavy atom. The maximum Gasteiger partial charge on any atom is 0.252 e. The zero-order valence-corrected chi connectivity index (χ0v) is 26.1. The van der Waals surface area contributed by atoms with Crippen LogP contribution in [0.2, 0.25) is 0 Å². The number of aliphatic hydroxyl groups excluding tert-OH is 1. The van der Waals surface area contributed by atoms with Crippen LogP contribution in [-0.2, 0) is 19.4 Å². The molecule has 0 spiro atoms. The van der Waals surface area contributed by atoms with Gasteiger partial charge in [-0.3, -0.25) is 4.79 Å². The molecule has 3 aromatic carbocycles. The van der Waals surface area contributed by atoms with E-state index in [-0.39, 0.29) is 35.5 Å². The first-order valence-electron chi connectivity index (χ1n) is 14.2. The van der Waals surface area contributed by atoms with Gasteiger partial charge in [-0.25, -0.2) is 13.4 Å². The van der Waals surface area contributed by atoms with Crippen LogP contribution in [0.25, 0.3) is 0 Å². The zero-order chi connectivity index (χ0) is 30.0. The van der Waals surface area contributed by atoms with Crippen molar-refractivity contribution >= 4 is 37.6 Å². The van der Waals surface area contributed by atoms with Gasteiger partial charge in [-0.1, -0.05) is 66.0 Å². The molecule has 0 aliphatic carbocycles. The number of nitrogens with one attached hydrogen (secondary N) is 1. The van der Waals surface area contributed by atoms with Crippen LogP contribution in [-0.4, -0.2) is 56.4 Å². The summed E-state index contributed by atoms with van der Waals surface area (Å²) < 4.78 is 39.7. The fourth-order valence-corrected chi connectivity index (χ4v) is 6.43. The summed E-state index contributed by atoms with van der Waals surface area (Å²) in [6.07, 6.45) is 2.37. The third-order valence-corrected chi connectivity index (χ3v) is 9.38. The lowest BCUT2D eigenvalue weighted by Gasteiger charge is -2.30. The largest absolute Gasteiger partial charge is 0.494 e. The number of unbranched alkanes of at least 4 members (excludes halogenated alkanes) is 2. The second kappa shape index (κ2) is 14.8. The highest BCUT2D eigenvalue weighted by Crippen LogP contribution is 2.43. The Hall–Kier alpha value is -3.21. The molecule has 3 aromatic rings. The van der Waals surface area contributed by atoms with Crippen molar-refractivity contribution in [1.82, 2.24) is 5.32 Å². The van der Waals surface area contributed by atoms with Gasteiger partial charge in [0.25, 0.3) is 5.91 Å². The van der Waals surface area contributed by atoms with E-state index in [0.29, 0.717) is 36.4 Å². The number of ether oxygens (including phenoxy) is 2. The first-order valence-corrected chi connectivity index (χ1v) is 16.7. The molecule has 1 amide bonds. The van der Waals surface area contributed by atoms with E-state index in [0.717, 1.165) is 23.7 Å². The number of sulfone groups is 1. The van der Waals surface area contributed by atoms with Crippen molar-refractivity contribution in [3.05, 3.63) is 94.5 Å². The molecule has 2 N–H and O–H groups in total. The molecule has 2 atom stereocenters. The maximum atomic E-state index is 14.1. The van der Waals surface area contributed by atoms with E-state index < -0.39 is 21.5 Å². The zero-order valence-electron chi connectivity index (χ0n) is 23.7. The number of carbonyl (C=O) groups excluding carboxylic acids is 1. The van der Waals surface area contributed by atoms with Crippen molar-refractivity contribution in [2.24, 2.45) is 4.99 Å². The summed E-state index contributed by atoms with van der Waals surface area (Å²) in [6.45, 7) is 2.97. The highest BCUT2D eigenvalue weighted by Gasteiger charge is 2.53. The van der Waals surface area contributed by atoms with Crippen LogP contribution in [0, 0.1) is 0 Å². The molecule has 0 bridgehead atoms. The van der Waals surface area contributed by atoms with E-state index in [1.54, 1.807) is 54.6 Å². The third-order valence-electron chi connectivity index (χ3n) is 7.12. The van der Waals surface area contributed by atoms with Gasteiger partial charge in [-0.15, -0.1) is 0 Å². The summed E-state index contributed by atoms with van der Waals surface area (Å²) in [7, 11) is -3.71. The van der Waals surface area contributed by atoms with Gasteiger partial charge in [0.15, 0.2) is 21.5 Å². The molecule has 0 radical (unpaired) electrons. The Balaban J connectivity index is 1.73. The molecule has 10 heteroatoms. The van der Waals surface area contributed by atoms with Crippen LogP contribution < -0.4 is 10.1 Å². The number of nitrogens with zero attached hydrogens (tertiary/aromatic N) is 1. The quantitative estimate of drug-likeness (QED) is 0.205. The number of hydrogen-bond donors (Lipinski definition) is 2. The fourth-order valence-electron chi connectivity index (χ4n) is 4.77. The smallest absolute Gasteiger partial charge is 0.252 e. The van der Waals surface area contributed by atoms with Gasteiger partial charge < -0.3 is 19.9 Å². The molecule has 4 rings (SSSR count). The van der Waals surface area contributed by atoms with E-state index >= 15 is 0 Å². The molecule has 1 heterocycles. The Morgan fingerprint density at radius 1 is 1.02 bits per heavy atom. The van der Waals surface area contributed by atoms with Gasteiger partial charge in [-0.2, -0.15) is 0 Å². The molecular weight excluding hydrogens is 620 g/mol. The molecule has 0 saturated heterocycles. The summed E-state index contributed by atoms with van der Waals surface area (Å²) in [5.41, 5.74) is -0.173. The molecule has 0 saturated carbocycles. The molecule has 42 heavy (non-hydrogen) atoms. The first-order chi connectivity index (χ1) is 20.3. The van der Waals surface area contributed by atoms with Crippen molar-refractivity contribution in [1.29, 1.82) is 0 Å². The number of benzene rings is 3. The van der Waals surface area contributed by atoms with Crippen molar-refractivity contribution in [2.45, 2.75) is 55.6 Å². The van der Waals surface area contributed by atoms with Crippen molar-refractivity contribution in [2.75, 3.05) is 25.5 Å². The van der Waals surface area contributed by atoms with Crippen molar-refractivity contribution in [3.8, 4) is 5.75 Å². The number of halogens is 1. The lowest BCUT2D eigenvalue weighted by atomic mass is 9.85. The van der Waals surface area contributed by atoms with E-state index in [4.69, 9.17) is 19.6 Å². The molecule has 0 unspecified atom stereocenters. The van der Waals surface area contributed by atoms with Crippen LogP contribution in [0.3, 0.4) is 0 Å². The molecule has 224 valence electrons. The average molecular weight is 658 g/mol. The molecule has 0 fully saturated rings. The number of amides is 1. The number of hydrogen-bond acceptors (Lipinski definition) is 7. The summed E-state index contributed by atoms with van der Waals surface area (Å²) in [5, 5.41) is 12.0. The van der Waals surface area contributed by atoms with Gasteiger partial charge in [0, 0.05) is 36.0 Å². The molecule has 8 nitrogen and oxygen atoms in total. The van der Waals surface area contributed by atoms with E-state index in [1.807, 2.05) is 24.3 Å². The van der Waals surface area contributed by atoms with Gasteiger partial charge >= 0.3 is 0 Å². The monoisotopic (exact) mass is 656 g/mol. The Labute approximate surface area is 256 Å². The summed E-state index contributed by atoms with van der Waals surface area (Å²) in [5.74, 6) is 0.230. The Bertz CT molecular complexity index is 1450. The van der Waals surface area contributed by atoms with Gasteiger partial charge in [0.2, 0.25) is 5.90 Å². The lowest BCUT2D eigenvalue weighted by Crippen LogP contribution is -2.49. The van der Waals surface area contributed by atoms with Crippen LogP contribution in [0.15, 0.2) is 93.2 Å². The standard InChI is InChI=1S/C32H37BrN2O6S/c1-2-3-7-20-34-31(37)32(19-23-42(38,39)28-9-5-4-6-10-28)29(24-11-15-26(33)16-12-24)41-30(35-32)25-13-17-27(18-14-25)40-22-8-21-36/h4-6,9-18,29,36H,2-3,7-8,19-23H2,1H3,(H,34,37)/t29-,32-/m1/s1. The number of rotatable bonds is 15. The predicted molar refractivity (Wildman–Crippen MR) is 167 cm³/mol. The van der Waals surface area contributed by atoms with Crippen molar-refractivity contribution in [3.63, 3.8) is 0 Å². The molecule has 1 aliphatic heterocycles. The molecular formula is C32H37BrN2O6S. The van der Waals surface area contributed by atoms with Crippen LogP contribution in [0.1, 0.15) is 56.3 Å². The summed E-state index contributed by atoms with van der Waals surface area (Å²) >= 11 is 3.47. The normalized spacial score (nSPS) is 18.3. The Morgan fingerprint density at radius 3 is 2.40 bits per heavy atom. The lowest BCUT2D eigenvalue weighted by molar-refractivity contribution is -0.129. The average Bonchev–Trinajstić information content (AvgIpc) is 3.40. The number of aliphatic hydroxyl groups is 1. The van der Waals surface area contributed by atoms with E-state index in [2.05, 4.69) is 28.2 Å². The predicted octanol–water partition coefficient (Wildman–Crippen LogP) is 5.64. The molecule has 0 aromatic heterocycles. The topological polar surface area (TPSA) is 114 Å². The van der Waals surface area contributed by atoms with Gasteiger partial charge in [0.05, 0.1) is 17.3 Å². The minimum absolute atomic E-state index is 0.0444. The summed E-state index contributed by atoms with van der Waals surface area (Å²) in [4.78, 5) is 19.2. The molecule has 1 aliphatic rings. The van der Waals surface area contributed by atoms with Crippen LogP contribution >= 0.6 is 15.9 Å². The van der Waals surface area contributed by atoms with Gasteiger partial charge in [0.1, 0.15) is 5.75 Å². The first kappa shape index (κ1) is 31.7. The number of carbonyl (C=O) groups is 1. The van der Waals surface area contributed by atoms with E-state index in [1.165, 1.54) is 0 Å². The van der Waals surface area contributed by atoms with Gasteiger partial charge in [-0.05, 0) is 60.5 Å². The highest BCUT2D eigenvalue weighted by atomic mass is 79.9. The minimum atomic E-state index is -3.71. The van der Waals surface area contributed by atoms with E-state index in [9.17, 15) is 13.2 Å². The Kier molecular flexibility index (Phi) is 11.2.